The van der Waals surface area contributed by atoms with Crippen LogP contribution >= 0.6 is 7.26 Å². The Morgan fingerprint density at radius 2 is 0.271 bits per heavy atom. The van der Waals surface area contributed by atoms with Crippen molar-refractivity contribution in [1.82, 2.24) is 0 Å². The highest BCUT2D eigenvalue weighted by atomic mass is 35.5. The number of hydrogen-bond acceptors (Lipinski definition) is 0. The van der Waals surface area contributed by atoms with Gasteiger partial charge in [-0.05, 0) is 12.8 Å². The van der Waals surface area contributed by atoms with Gasteiger partial charge in [0, 0.05) is 27.3 Å². The second kappa shape index (κ2) is 54.9. The van der Waals surface area contributed by atoms with Crippen LogP contribution in [0.3, 0.4) is 0 Å². The van der Waals surface area contributed by atoms with Gasteiger partial charge >= 0.3 is 0 Å². The normalized spacial score (nSPS) is 11.8. The Hall–Kier alpha value is 0.720. The first kappa shape index (κ1) is 61.8. The van der Waals surface area contributed by atoms with Crippen molar-refractivity contribution in [2.75, 3.05) is 26.2 Å². The summed E-state index contributed by atoms with van der Waals surface area (Å²) in [6, 6.07) is 0. The summed E-state index contributed by atoms with van der Waals surface area (Å²) >= 11 is 0. The fourth-order valence-electron chi connectivity index (χ4n) is 9.50. The van der Waals surface area contributed by atoms with Crippen LogP contribution in [0.2, 0.25) is 0 Å². The van der Waals surface area contributed by atoms with Crippen LogP contribution < -0.4 is 12.4 Å². The zero-order valence-corrected chi connectivity index (χ0v) is 44.0. The monoisotopic (exact) mass is 869 g/mol. The molecule has 0 bridgehead atoms. The molecule has 0 aromatic carbocycles. The van der Waals surface area contributed by atoms with E-state index in [1.54, 1.807) is 0 Å². The van der Waals surface area contributed by atoms with E-state index in [0.29, 0.717) is 0 Å². The molecule has 0 radical (unpaired) electrons. The van der Waals surface area contributed by atoms with Crippen molar-refractivity contribution in [1.29, 1.82) is 0 Å². The first-order valence-corrected chi connectivity index (χ1v) is 31.7. The average molecular weight is 870 g/mol. The molecule has 2 heteroatoms. The third kappa shape index (κ3) is 60.8. The Morgan fingerprint density at radius 3 is 0.373 bits per heavy atom. The molecule has 0 unspecified atom stereocenters. The standard InChI is InChI=1S/C57H118P.ClH/c1-5-6-7-8-9-10-11-12-13-14-15-16-17-18-19-20-21-22-23-24-25-26-27-28-29-30-31-32-33-34-35-36-37-38-39-40-41-42-43-44-45-46-47-48-49-50-51-52-53-54-55-56-57-58(2,3)4;/h5-57H2,1-4H3;1H/q+1;/p-1. The first-order valence-electron chi connectivity index (χ1n) is 28.4. The second-order valence-corrected chi connectivity index (χ2v) is 26.1. The lowest BCUT2D eigenvalue weighted by atomic mass is 10.0. The smallest absolute Gasteiger partial charge is 0.0586 e. The van der Waals surface area contributed by atoms with Crippen molar-refractivity contribution in [3.05, 3.63) is 0 Å². The molecule has 0 aliphatic rings. The Labute approximate surface area is 384 Å². The highest BCUT2D eigenvalue weighted by Gasteiger charge is 2.15. The molecule has 0 rings (SSSR count). The minimum atomic E-state index is -0.526. The van der Waals surface area contributed by atoms with Gasteiger partial charge in [0.1, 0.15) is 0 Å². The fraction of sp³-hybridized carbons (Fsp3) is 1.00. The zero-order valence-electron chi connectivity index (χ0n) is 42.3. The molecule has 0 fully saturated rings. The highest BCUT2D eigenvalue weighted by Crippen LogP contribution is 2.47. The van der Waals surface area contributed by atoms with E-state index in [9.17, 15) is 0 Å². The highest BCUT2D eigenvalue weighted by molar-refractivity contribution is 7.73. The second-order valence-electron chi connectivity index (χ2n) is 21.0. The van der Waals surface area contributed by atoms with Crippen LogP contribution in [0.1, 0.15) is 341 Å². The number of rotatable bonds is 53. The van der Waals surface area contributed by atoms with Gasteiger partial charge < -0.3 is 12.4 Å². The molecule has 0 atom stereocenters. The van der Waals surface area contributed by atoms with Crippen molar-refractivity contribution in [3.63, 3.8) is 0 Å². The van der Waals surface area contributed by atoms with Crippen LogP contribution in [0.25, 0.3) is 0 Å². The number of halogens is 1. The molecule has 0 heterocycles. The predicted molar refractivity (Wildman–Crippen MR) is 275 cm³/mol. The molecule has 0 aromatic rings. The van der Waals surface area contributed by atoms with Crippen molar-refractivity contribution < 1.29 is 12.4 Å². The quantitative estimate of drug-likeness (QED) is 0.0422. The summed E-state index contributed by atoms with van der Waals surface area (Å²) in [6.45, 7) is 9.77. The van der Waals surface area contributed by atoms with Crippen molar-refractivity contribution in [3.8, 4) is 0 Å². The van der Waals surface area contributed by atoms with Gasteiger partial charge in [-0.3, -0.25) is 0 Å². The zero-order chi connectivity index (χ0) is 42.0. The van der Waals surface area contributed by atoms with Crippen LogP contribution in [-0.4, -0.2) is 26.2 Å². The van der Waals surface area contributed by atoms with Gasteiger partial charge in [-0.2, -0.15) is 0 Å². The average Bonchev–Trinajstić information content (AvgIpc) is 3.21. The SMILES string of the molecule is CCCCCCCCCCCCCCCCCCCCCCCCCCCCCCCCCCCCCCCCCCCCCCCCCCCCCC[P+](C)(C)C.[Cl-]. The topological polar surface area (TPSA) is 0 Å². The Bertz CT molecular complexity index is 699. The Balaban J connectivity index is 0. The molecule has 0 aliphatic carbocycles. The molecule has 0 saturated carbocycles. The maximum Gasteiger partial charge on any atom is 0.0586 e. The molecule has 0 saturated heterocycles. The molecule has 0 aliphatic heterocycles. The van der Waals surface area contributed by atoms with E-state index < -0.39 is 7.26 Å². The lowest BCUT2D eigenvalue weighted by Gasteiger charge is -2.10. The summed E-state index contributed by atoms with van der Waals surface area (Å²) in [7, 11) is -0.526. The Morgan fingerprint density at radius 1 is 0.169 bits per heavy atom. The van der Waals surface area contributed by atoms with Crippen LogP contribution in [0.15, 0.2) is 0 Å². The first-order chi connectivity index (χ1) is 28.6. The van der Waals surface area contributed by atoms with Gasteiger partial charge in [0.15, 0.2) is 0 Å². The minimum Gasteiger partial charge on any atom is -1.00 e. The summed E-state index contributed by atoms with van der Waals surface area (Å²) < 4.78 is 0. The van der Waals surface area contributed by atoms with E-state index in [1.165, 1.54) is 340 Å². The van der Waals surface area contributed by atoms with Gasteiger partial charge in [0.2, 0.25) is 0 Å². The largest absolute Gasteiger partial charge is 1.00 e. The van der Waals surface area contributed by atoms with E-state index >= 15 is 0 Å². The van der Waals surface area contributed by atoms with E-state index in [0.717, 1.165) is 0 Å². The van der Waals surface area contributed by atoms with Gasteiger partial charge in [-0.25, -0.2) is 0 Å². The predicted octanol–water partition coefficient (Wildman–Crippen LogP) is 19.2. The van der Waals surface area contributed by atoms with Crippen molar-refractivity contribution in [2.24, 2.45) is 0 Å². The maximum absolute atomic E-state index is 2.49. The minimum absolute atomic E-state index is 0. The Kier molecular flexibility index (Phi) is 57.5. The molecule has 358 valence electrons. The third-order valence-electron chi connectivity index (χ3n) is 13.7. The van der Waals surface area contributed by atoms with E-state index in [1.807, 2.05) is 0 Å². The van der Waals surface area contributed by atoms with Crippen LogP contribution in [0, 0.1) is 0 Å². The lowest BCUT2D eigenvalue weighted by Crippen LogP contribution is -3.00. The fourth-order valence-corrected chi connectivity index (χ4v) is 10.7. The van der Waals surface area contributed by atoms with Gasteiger partial charge in [-0.1, -0.05) is 328 Å². The van der Waals surface area contributed by atoms with E-state index in [-0.39, 0.29) is 12.4 Å². The molecule has 59 heavy (non-hydrogen) atoms. The van der Waals surface area contributed by atoms with Crippen LogP contribution in [-0.2, 0) is 0 Å². The molecule has 0 nitrogen and oxygen atoms in total. The summed E-state index contributed by atoms with van der Waals surface area (Å²) in [5, 5.41) is 0. The molecule has 0 spiro atoms. The summed E-state index contributed by atoms with van der Waals surface area (Å²) in [5.74, 6) is 0. The molecule has 0 N–H and O–H groups in total. The van der Waals surface area contributed by atoms with Crippen molar-refractivity contribution >= 4 is 7.26 Å². The van der Waals surface area contributed by atoms with E-state index in [2.05, 4.69) is 26.9 Å². The summed E-state index contributed by atoms with van der Waals surface area (Å²) in [6.07, 6.45) is 79.1. The van der Waals surface area contributed by atoms with Gasteiger partial charge in [-0.15, -0.1) is 0 Å². The van der Waals surface area contributed by atoms with Gasteiger partial charge in [0.25, 0.3) is 0 Å². The van der Waals surface area contributed by atoms with E-state index in [4.69, 9.17) is 0 Å². The molecule has 0 aromatic heterocycles. The lowest BCUT2D eigenvalue weighted by molar-refractivity contribution is -0.0000131. The molecular formula is C57H118ClP. The van der Waals surface area contributed by atoms with Gasteiger partial charge in [0.05, 0.1) is 6.16 Å². The molecular weight excluding hydrogens is 751 g/mol. The maximum atomic E-state index is 2.49. The number of hydrogen-bond donors (Lipinski definition) is 0. The van der Waals surface area contributed by atoms with Crippen molar-refractivity contribution in [2.45, 2.75) is 341 Å². The van der Waals surface area contributed by atoms with Crippen LogP contribution in [0.4, 0.5) is 0 Å². The molecule has 0 amide bonds. The summed E-state index contributed by atoms with van der Waals surface area (Å²) in [5.41, 5.74) is 0. The summed E-state index contributed by atoms with van der Waals surface area (Å²) in [4.78, 5) is 0. The number of unbranched alkanes of at least 4 members (excludes halogenated alkanes) is 51. The third-order valence-corrected chi connectivity index (χ3v) is 15.3. The van der Waals surface area contributed by atoms with Crippen LogP contribution in [0.5, 0.6) is 0 Å².